The Morgan fingerprint density at radius 2 is 2.14 bits per heavy atom. The highest BCUT2D eigenvalue weighted by Gasteiger charge is 2.19. The van der Waals surface area contributed by atoms with Gasteiger partial charge in [-0.25, -0.2) is 0 Å². The molecule has 1 heterocycles. The molecule has 1 aliphatic rings. The van der Waals surface area contributed by atoms with Crippen LogP contribution in [0.2, 0.25) is 0 Å². The smallest absolute Gasteiger partial charge is 0.191 e. The van der Waals surface area contributed by atoms with E-state index in [2.05, 4.69) is 22.5 Å². The van der Waals surface area contributed by atoms with Crippen LogP contribution in [0, 0.1) is 0 Å². The Hall–Kier alpha value is 0.500. The Kier molecular flexibility index (Phi) is 11.4. The quantitative estimate of drug-likeness (QED) is 0.387. The fourth-order valence-electron chi connectivity index (χ4n) is 1.91. The summed E-state index contributed by atoms with van der Waals surface area (Å²) < 4.78 is 11.8. The van der Waals surface area contributed by atoms with Crippen molar-refractivity contribution in [3.63, 3.8) is 0 Å². The Morgan fingerprint density at radius 3 is 2.67 bits per heavy atom. The summed E-state index contributed by atoms with van der Waals surface area (Å²) in [5.41, 5.74) is 0. The first kappa shape index (κ1) is 21.5. The minimum Gasteiger partial charge on any atom is -0.357 e. The topological polar surface area (TPSA) is 53.5 Å². The van der Waals surface area contributed by atoms with E-state index >= 15 is 0 Å². The fourth-order valence-corrected chi connectivity index (χ4v) is 3.86. The summed E-state index contributed by atoms with van der Waals surface area (Å²) in [7, 11) is -0.831. The summed E-state index contributed by atoms with van der Waals surface area (Å²) >= 11 is 2.00. The molecule has 2 atom stereocenters. The van der Waals surface area contributed by atoms with Crippen molar-refractivity contribution in [1.82, 2.24) is 10.6 Å². The molecule has 4 nitrogen and oxygen atoms in total. The van der Waals surface area contributed by atoms with Gasteiger partial charge in [0.25, 0.3) is 0 Å². The summed E-state index contributed by atoms with van der Waals surface area (Å²) in [6.07, 6.45) is 2.49. The number of hydrogen-bond acceptors (Lipinski definition) is 3. The van der Waals surface area contributed by atoms with Crippen molar-refractivity contribution in [2.45, 2.75) is 51.3 Å². The van der Waals surface area contributed by atoms with Crippen molar-refractivity contribution < 1.29 is 4.21 Å². The molecule has 0 spiro atoms. The molecule has 0 aromatic heterocycles. The van der Waals surface area contributed by atoms with E-state index in [1.807, 2.05) is 32.5 Å². The van der Waals surface area contributed by atoms with Gasteiger partial charge in [-0.05, 0) is 46.3 Å². The molecule has 1 rings (SSSR count). The van der Waals surface area contributed by atoms with Crippen LogP contribution in [0.5, 0.6) is 0 Å². The second-order valence-corrected chi connectivity index (χ2v) is 9.45. The molecule has 0 aliphatic carbocycles. The number of rotatable bonds is 5. The largest absolute Gasteiger partial charge is 0.357 e. The van der Waals surface area contributed by atoms with Gasteiger partial charge in [0.2, 0.25) is 0 Å². The van der Waals surface area contributed by atoms with Gasteiger partial charge < -0.3 is 10.6 Å². The molecule has 0 radical (unpaired) electrons. The lowest BCUT2D eigenvalue weighted by molar-refractivity contribution is 0.582. The van der Waals surface area contributed by atoms with E-state index in [1.165, 1.54) is 18.6 Å². The number of halogens is 1. The first-order valence-electron chi connectivity index (χ1n) is 7.44. The summed E-state index contributed by atoms with van der Waals surface area (Å²) in [5.74, 6) is 3.92. The maximum atomic E-state index is 12.0. The van der Waals surface area contributed by atoms with Crippen LogP contribution in [0.1, 0.15) is 40.5 Å². The minimum absolute atomic E-state index is 0. The normalized spacial score (nSPS) is 21.3. The van der Waals surface area contributed by atoms with Crippen LogP contribution in [0.25, 0.3) is 0 Å². The van der Waals surface area contributed by atoms with Crippen LogP contribution in [-0.2, 0) is 10.8 Å². The van der Waals surface area contributed by atoms with Crippen LogP contribution in [0.15, 0.2) is 4.99 Å². The summed E-state index contributed by atoms with van der Waals surface area (Å²) in [6, 6.07) is 0.514. The highest BCUT2D eigenvalue weighted by molar-refractivity contribution is 14.0. The summed E-state index contributed by atoms with van der Waals surface area (Å²) in [5, 5.41) is 6.76. The molecule has 21 heavy (non-hydrogen) atoms. The van der Waals surface area contributed by atoms with Gasteiger partial charge in [0.1, 0.15) is 0 Å². The molecule has 0 aromatic rings. The van der Waals surface area contributed by atoms with Gasteiger partial charge in [-0.2, -0.15) is 11.8 Å². The van der Waals surface area contributed by atoms with Crippen LogP contribution in [0.4, 0.5) is 0 Å². The number of thioether (sulfide) groups is 1. The van der Waals surface area contributed by atoms with E-state index in [0.29, 0.717) is 18.3 Å². The highest BCUT2D eigenvalue weighted by atomic mass is 127. The molecule has 1 fully saturated rings. The summed E-state index contributed by atoms with van der Waals surface area (Å²) in [4.78, 5) is 4.55. The van der Waals surface area contributed by atoms with E-state index < -0.39 is 10.8 Å². The molecule has 0 saturated carbocycles. The van der Waals surface area contributed by atoms with Gasteiger partial charge in [-0.1, -0.05) is 0 Å². The van der Waals surface area contributed by atoms with Gasteiger partial charge in [-0.15, -0.1) is 24.0 Å². The van der Waals surface area contributed by atoms with Gasteiger partial charge >= 0.3 is 0 Å². The fraction of sp³-hybridized carbons (Fsp3) is 0.929. The summed E-state index contributed by atoms with van der Waals surface area (Å²) in [6.45, 7) is 9.56. The molecule has 0 aromatic carbocycles. The van der Waals surface area contributed by atoms with Crippen LogP contribution < -0.4 is 10.6 Å². The first-order chi connectivity index (χ1) is 9.43. The maximum absolute atomic E-state index is 12.0. The zero-order valence-corrected chi connectivity index (χ0v) is 17.6. The monoisotopic (exact) mass is 447 g/mol. The van der Waals surface area contributed by atoms with Crippen molar-refractivity contribution in [3.8, 4) is 0 Å². The van der Waals surface area contributed by atoms with Crippen molar-refractivity contribution in [1.29, 1.82) is 0 Å². The Bertz CT molecular complexity index is 340. The third-order valence-corrected chi connectivity index (χ3v) is 6.21. The third kappa shape index (κ3) is 9.28. The number of nitrogens with one attached hydrogen (secondary N) is 2. The van der Waals surface area contributed by atoms with Gasteiger partial charge in [0, 0.05) is 39.6 Å². The van der Waals surface area contributed by atoms with E-state index in [-0.39, 0.29) is 28.7 Å². The molecular weight excluding hydrogens is 417 g/mol. The van der Waals surface area contributed by atoms with Gasteiger partial charge in [0.15, 0.2) is 5.96 Å². The van der Waals surface area contributed by atoms with Crippen LogP contribution in [-0.4, -0.2) is 51.3 Å². The Labute approximate surface area is 153 Å². The zero-order chi connectivity index (χ0) is 15.0. The molecule has 1 aliphatic heterocycles. The number of aliphatic imine (C=N–C) groups is 1. The SMILES string of the molecule is CCNC(=NCCS(=O)C(C)(C)C)NC1CCCSC1.I. The average molecular weight is 447 g/mol. The second kappa shape index (κ2) is 11.1. The molecule has 2 unspecified atom stereocenters. The van der Waals surface area contributed by atoms with E-state index in [9.17, 15) is 4.21 Å². The molecule has 126 valence electrons. The van der Waals surface area contributed by atoms with Crippen LogP contribution in [0.3, 0.4) is 0 Å². The number of nitrogens with zero attached hydrogens (tertiary/aromatic N) is 1. The van der Waals surface area contributed by atoms with Crippen LogP contribution >= 0.6 is 35.7 Å². The lowest BCUT2D eigenvalue weighted by Crippen LogP contribution is -2.45. The Balaban J connectivity index is 0.00000400. The van der Waals surface area contributed by atoms with Crippen molar-refractivity contribution in [2.24, 2.45) is 4.99 Å². The molecular formula is C14H30IN3OS2. The maximum Gasteiger partial charge on any atom is 0.191 e. The molecule has 2 N–H and O–H groups in total. The lowest BCUT2D eigenvalue weighted by Gasteiger charge is -2.24. The predicted octanol–water partition coefficient (Wildman–Crippen LogP) is 2.60. The predicted molar refractivity (Wildman–Crippen MR) is 108 cm³/mol. The molecule has 7 heteroatoms. The first-order valence-corrected chi connectivity index (χ1v) is 9.92. The highest BCUT2D eigenvalue weighted by Crippen LogP contribution is 2.16. The van der Waals surface area contributed by atoms with E-state index in [4.69, 9.17) is 0 Å². The van der Waals surface area contributed by atoms with Gasteiger partial charge in [-0.3, -0.25) is 9.20 Å². The van der Waals surface area contributed by atoms with E-state index in [0.717, 1.165) is 18.3 Å². The molecule has 1 saturated heterocycles. The van der Waals surface area contributed by atoms with Crippen molar-refractivity contribution >= 4 is 52.5 Å². The van der Waals surface area contributed by atoms with Crippen molar-refractivity contribution in [2.75, 3.05) is 30.3 Å². The molecule has 0 bridgehead atoms. The number of guanidine groups is 1. The zero-order valence-electron chi connectivity index (χ0n) is 13.6. The Morgan fingerprint density at radius 1 is 1.43 bits per heavy atom. The van der Waals surface area contributed by atoms with Gasteiger partial charge in [0.05, 0.1) is 6.54 Å². The minimum atomic E-state index is -0.831. The van der Waals surface area contributed by atoms with E-state index in [1.54, 1.807) is 0 Å². The standard InChI is InChI=1S/C14H29N3OS2.HI/c1-5-15-13(17-12-7-6-9-19-11-12)16-8-10-20(18)14(2,3)4;/h12H,5-11H2,1-4H3,(H2,15,16,17);1H. The third-order valence-electron chi connectivity index (χ3n) is 3.07. The second-order valence-electron chi connectivity index (χ2n) is 5.98. The lowest BCUT2D eigenvalue weighted by atomic mass is 10.2. The van der Waals surface area contributed by atoms with Crippen molar-refractivity contribution in [3.05, 3.63) is 0 Å². The molecule has 0 amide bonds. The average Bonchev–Trinajstić information content (AvgIpc) is 2.39. The number of hydrogen-bond donors (Lipinski definition) is 2.